The van der Waals surface area contributed by atoms with Crippen LogP contribution in [0.25, 0.3) is 0 Å². The summed E-state index contributed by atoms with van der Waals surface area (Å²) >= 11 is 0. The van der Waals surface area contributed by atoms with Crippen molar-refractivity contribution in [1.29, 1.82) is 0 Å². The van der Waals surface area contributed by atoms with Crippen LogP contribution in [0, 0.1) is 11.8 Å². The molecule has 1 amide bonds. The predicted octanol–water partition coefficient (Wildman–Crippen LogP) is 0.792. The molecule has 1 atom stereocenters. The van der Waals surface area contributed by atoms with E-state index in [1.165, 1.54) is 0 Å². The first-order valence-corrected chi connectivity index (χ1v) is 5.84. The van der Waals surface area contributed by atoms with Crippen molar-refractivity contribution in [1.82, 2.24) is 5.32 Å². The lowest BCUT2D eigenvalue weighted by Crippen LogP contribution is -2.42. The van der Waals surface area contributed by atoms with E-state index in [1.54, 1.807) is 31.2 Å². The molecule has 1 aromatic rings. The Balaban J connectivity index is 2.39. The van der Waals surface area contributed by atoms with Gasteiger partial charge in [-0.05, 0) is 31.0 Å². The van der Waals surface area contributed by atoms with Crippen molar-refractivity contribution < 1.29 is 9.90 Å². The van der Waals surface area contributed by atoms with E-state index in [0.29, 0.717) is 19.4 Å². The standard InChI is InChI=1S/C14H18N2O2/c1-2-3-4-9-16-14(18)13(15)10-11-5-7-12(17)8-6-11/h5-8,13,17H,4,9-10,15H2,1H3,(H,16,18)/t13-/m1/s1. The minimum atomic E-state index is -0.580. The van der Waals surface area contributed by atoms with Gasteiger partial charge in [-0.2, -0.15) is 0 Å². The van der Waals surface area contributed by atoms with Gasteiger partial charge in [-0.3, -0.25) is 4.79 Å². The van der Waals surface area contributed by atoms with Crippen LogP contribution >= 0.6 is 0 Å². The molecule has 0 saturated heterocycles. The molecule has 4 heteroatoms. The average molecular weight is 246 g/mol. The smallest absolute Gasteiger partial charge is 0.237 e. The average Bonchev–Trinajstić information content (AvgIpc) is 2.37. The normalized spacial score (nSPS) is 11.2. The predicted molar refractivity (Wildman–Crippen MR) is 70.9 cm³/mol. The van der Waals surface area contributed by atoms with Gasteiger partial charge in [0.05, 0.1) is 6.04 Å². The van der Waals surface area contributed by atoms with Crippen molar-refractivity contribution in [3.8, 4) is 17.6 Å². The summed E-state index contributed by atoms with van der Waals surface area (Å²) in [6, 6.07) is 6.09. The van der Waals surface area contributed by atoms with E-state index < -0.39 is 6.04 Å². The van der Waals surface area contributed by atoms with E-state index >= 15 is 0 Å². The van der Waals surface area contributed by atoms with E-state index in [2.05, 4.69) is 17.2 Å². The lowest BCUT2D eigenvalue weighted by molar-refractivity contribution is -0.122. The van der Waals surface area contributed by atoms with Crippen LogP contribution in [0.4, 0.5) is 0 Å². The van der Waals surface area contributed by atoms with Gasteiger partial charge in [0.1, 0.15) is 5.75 Å². The van der Waals surface area contributed by atoms with Gasteiger partial charge in [0, 0.05) is 13.0 Å². The topological polar surface area (TPSA) is 75.4 Å². The number of carbonyl (C=O) groups excluding carboxylic acids is 1. The van der Waals surface area contributed by atoms with Gasteiger partial charge < -0.3 is 16.2 Å². The van der Waals surface area contributed by atoms with Crippen LogP contribution in [0.3, 0.4) is 0 Å². The highest BCUT2D eigenvalue weighted by Crippen LogP contribution is 2.10. The lowest BCUT2D eigenvalue weighted by atomic mass is 10.1. The van der Waals surface area contributed by atoms with Crippen LogP contribution in [-0.4, -0.2) is 23.6 Å². The molecular weight excluding hydrogens is 228 g/mol. The van der Waals surface area contributed by atoms with Gasteiger partial charge in [-0.15, -0.1) is 11.8 Å². The fourth-order valence-corrected chi connectivity index (χ4v) is 1.48. The highest BCUT2D eigenvalue weighted by atomic mass is 16.3. The molecule has 4 N–H and O–H groups in total. The molecule has 1 rings (SSSR count). The van der Waals surface area contributed by atoms with E-state index in [-0.39, 0.29) is 11.7 Å². The Morgan fingerprint density at radius 1 is 1.44 bits per heavy atom. The summed E-state index contributed by atoms with van der Waals surface area (Å²) in [6.07, 6.45) is 1.08. The molecule has 1 aromatic carbocycles. The minimum absolute atomic E-state index is 0.180. The molecule has 0 spiro atoms. The van der Waals surface area contributed by atoms with Crippen molar-refractivity contribution in [3.05, 3.63) is 29.8 Å². The van der Waals surface area contributed by atoms with Crippen molar-refractivity contribution >= 4 is 5.91 Å². The summed E-state index contributed by atoms with van der Waals surface area (Å²) in [4.78, 5) is 11.6. The van der Waals surface area contributed by atoms with Crippen molar-refractivity contribution in [3.63, 3.8) is 0 Å². The summed E-state index contributed by atoms with van der Waals surface area (Å²) in [5.41, 5.74) is 6.71. The van der Waals surface area contributed by atoms with E-state index in [9.17, 15) is 4.79 Å². The van der Waals surface area contributed by atoms with Crippen LogP contribution < -0.4 is 11.1 Å². The molecule has 0 unspecified atom stereocenters. The Kier molecular flexibility index (Phi) is 5.75. The molecule has 0 saturated carbocycles. The fraction of sp³-hybridized carbons (Fsp3) is 0.357. The van der Waals surface area contributed by atoms with Gasteiger partial charge in [-0.25, -0.2) is 0 Å². The summed E-state index contributed by atoms with van der Waals surface area (Å²) in [5.74, 6) is 5.65. The number of carbonyl (C=O) groups is 1. The SMILES string of the molecule is CC#CCCNC(=O)[C@H](N)Cc1ccc(O)cc1. The second kappa shape index (κ2) is 7.36. The first-order valence-electron chi connectivity index (χ1n) is 5.84. The summed E-state index contributed by atoms with van der Waals surface area (Å²) in [6.45, 7) is 2.28. The third-order valence-corrected chi connectivity index (χ3v) is 2.45. The van der Waals surface area contributed by atoms with Gasteiger partial charge in [0.15, 0.2) is 0 Å². The molecule has 0 heterocycles. The molecule has 0 aliphatic heterocycles. The summed E-state index contributed by atoms with van der Waals surface area (Å²) < 4.78 is 0. The van der Waals surface area contributed by atoms with Crippen LogP contribution in [0.5, 0.6) is 5.75 Å². The van der Waals surface area contributed by atoms with Crippen molar-refractivity contribution in [2.45, 2.75) is 25.8 Å². The number of phenolic OH excluding ortho intramolecular Hbond substituents is 1. The molecule has 96 valence electrons. The number of benzene rings is 1. The maximum atomic E-state index is 11.6. The number of nitrogens with one attached hydrogen (secondary N) is 1. The van der Waals surface area contributed by atoms with Crippen LogP contribution in [0.2, 0.25) is 0 Å². The Morgan fingerprint density at radius 2 is 2.11 bits per heavy atom. The zero-order valence-electron chi connectivity index (χ0n) is 10.4. The summed E-state index contributed by atoms with van der Waals surface area (Å²) in [7, 11) is 0. The molecular formula is C14H18N2O2. The number of hydrogen-bond donors (Lipinski definition) is 3. The third kappa shape index (κ3) is 4.89. The van der Waals surface area contributed by atoms with Gasteiger partial charge in [-0.1, -0.05) is 12.1 Å². The van der Waals surface area contributed by atoms with Crippen LogP contribution in [0.1, 0.15) is 18.9 Å². The van der Waals surface area contributed by atoms with Crippen LogP contribution in [0.15, 0.2) is 24.3 Å². The molecule has 0 aliphatic carbocycles. The zero-order valence-corrected chi connectivity index (χ0v) is 10.4. The number of amides is 1. The zero-order chi connectivity index (χ0) is 13.4. The Labute approximate surface area is 107 Å². The molecule has 4 nitrogen and oxygen atoms in total. The van der Waals surface area contributed by atoms with Crippen molar-refractivity contribution in [2.24, 2.45) is 5.73 Å². The van der Waals surface area contributed by atoms with Gasteiger partial charge >= 0.3 is 0 Å². The Bertz CT molecular complexity index is 443. The second-order valence-electron chi connectivity index (χ2n) is 3.94. The van der Waals surface area contributed by atoms with E-state index in [4.69, 9.17) is 10.8 Å². The number of hydrogen-bond acceptors (Lipinski definition) is 3. The molecule has 0 radical (unpaired) electrons. The third-order valence-electron chi connectivity index (χ3n) is 2.45. The number of aromatic hydroxyl groups is 1. The quantitative estimate of drug-likeness (QED) is 0.531. The number of rotatable bonds is 5. The summed E-state index contributed by atoms with van der Waals surface area (Å²) in [5, 5.41) is 11.9. The maximum absolute atomic E-state index is 11.6. The molecule has 0 aromatic heterocycles. The lowest BCUT2D eigenvalue weighted by Gasteiger charge is -2.11. The molecule has 18 heavy (non-hydrogen) atoms. The number of nitrogens with two attached hydrogens (primary N) is 1. The van der Waals surface area contributed by atoms with Crippen molar-refractivity contribution in [2.75, 3.05) is 6.54 Å². The Morgan fingerprint density at radius 3 is 2.72 bits per heavy atom. The first-order chi connectivity index (χ1) is 8.63. The maximum Gasteiger partial charge on any atom is 0.237 e. The van der Waals surface area contributed by atoms with E-state index in [0.717, 1.165) is 5.56 Å². The molecule has 0 aliphatic rings. The largest absolute Gasteiger partial charge is 0.508 e. The molecule has 0 bridgehead atoms. The van der Waals surface area contributed by atoms with Gasteiger partial charge in [0.25, 0.3) is 0 Å². The van der Waals surface area contributed by atoms with Crippen LogP contribution in [-0.2, 0) is 11.2 Å². The highest BCUT2D eigenvalue weighted by Gasteiger charge is 2.13. The highest BCUT2D eigenvalue weighted by molar-refractivity contribution is 5.81. The second-order valence-corrected chi connectivity index (χ2v) is 3.94. The Hall–Kier alpha value is -1.99. The van der Waals surface area contributed by atoms with Gasteiger partial charge in [0.2, 0.25) is 5.91 Å². The fourth-order valence-electron chi connectivity index (χ4n) is 1.48. The minimum Gasteiger partial charge on any atom is -0.508 e. The molecule has 0 fully saturated rings. The number of phenols is 1. The monoisotopic (exact) mass is 246 g/mol. The first kappa shape index (κ1) is 14.1. The van der Waals surface area contributed by atoms with E-state index in [1.807, 2.05) is 0 Å².